The van der Waals surface area contributed by atoms with Gasteiger partial charge in [-0.2, -0.15) is 0 Å². The molecule has 0 spiro atoms. The zero-order valence-electron chi connectivity index (χ0n) is 12.8. The van der Waals surface area contributed by atoms with Gasteiger partial charge in [-0.25, -0.2) is 0 Å². The average molecular weight is 257 g/mol. The first kappa shape index (κ1) is 15.6. The molecule has 104 valence electrons. The van der Waals surface area contributed by atoms with Crippen molar-refractivity contribution >= 4 is 0 Å². The minimum absolute atomic E-state index is 0.341. The van der Waals surface area contributed by atoms with E-state index in [-0.39, 0.29) is 0 Å². The summed E-state index contributed by atoms with van der Waals surface area (Å²) in [5, 5.41) is 3.50. The quantitative estimate of drug-likeness (QED) is 0.702. The Labute approximate surface area is 118 Å². The van der Waals surface area contributed by atoms with Gasteiger partial charge >= 0.3 is 0 Å². The van der Waals surface area contributed by atoms with Crippen molar-refractivity contribution in [3.8, 4) is 0 Å². The van der Waals surface area contributed by atoms with Crippen molar-refractivity contribution in [1.82, 2.24) is 5.32 Å². The Kier molecular flexibility index (Phi) is 5.88. The molecule has 0 fully saturated rings. The highest BCUT2D eigenvalue weighted by molar-refractivity contribution is 5.23. The van der Waals surface area contributed by atoms with Crippen LogP contribution in [-0.2, 0) is 6.42 Å². The Balaban J connectivity index is 2.57. The normalized spacial score (nSPS) is 13.7. The van der Waals surface area contributed by atoms with E-state index in [0.717, 1.165) is 18.5 Å². The summed E-state index contributed by atoms with van der Waals surface area (Å²) in [5.41, 5.74) is 4.95. The van der Waals surface area contributed by atoms with E-state index >= 15 is 0 Å². The molecule has 1 aromatic rings. The smallest absolute Gasteiger partial charge is 0.0462 e. The maximum Gasteiger partial charge on any atom is 0.0462 e. The van der Waals surface area contributed by atoms with Crippen LogP contribution in [0.3, 0.4) is 0 Å². The lowest BCUT2D eigenvalue weighted by molar-refractivity contribution is 0.542. The fourth-order valence-corrected chi connectivity index (χ4v) is 2.14. The molecule has 0 radical (unpaired) electrons. The molecule has 0 aliphatic rings. The van der Waals surface area contributed by atoms with Gasteiger partial charge in [0.15, 0.2) is 0 Å². The molecular formula is C18H27N. The second kappa shape index (κ2) is 7.18. The molecule has 0 aliphatic heterocycles. The van der Waals surface area contributed by atoms with E-state index in [1.54, 1.807) is 0 Å². The molecule has 1 N–H and O–H groups in total. The molecule has 1 rings (SSSR count). The summed E-state index contributed by atoms with van der Waals surface area (Å²) in [6.45, 7) is 16.8. The lowest BCUT2D eigenvalue weighted by atomic mass is 9.96. The fraction of sp³-hybridized carbons (Fsp3) is 0.444. The minimum Gasteiger partial charge on any atom is -0.382 e. The third-order valence-corrected chi connectivity index (χ3v) is 3.62. The largest absolute Gasteiger partial charge is 0.382 e. The van der Waals surface area contributed by atoms with Crippen LogP contribution in [-0.4, -0.2) is 6.04 Å². The molecule has 0 heterocycles. The summed E-state index contributed by atoms with van der Waals surface area (Å²) in [5.74, 6) is 0.427. The van der Waals surface area contributed by atoms with Crippen LogP contribution in [0.4, 0.5) is 0 Å². The number of rotatable bonds is 7. The van der Waals surface area contributed by atoms with E-state index in [0.29, 0.717) is 12.0 Å². The molecule has 1 aromatic carbocycles. The van der Waals surface area contributed by atoms with Crippen LogP contribution in [0.5, 0.6) is 0 Å². The molecule has 0 bridgehead atoms. The van der Waals surface area contributed by atoms with E-state index in [2.05, 4.69) is 70.4 Å². The summed E-state index contributed by atoms with van der Waals surface area (Å²) in [6, 6.07) is 9.08. The standard InChI is InChI=1S/C18H27N/c1-7-18(13(2)3)19-16(6)15(5)12-17-10-8-14(4)9-11-17/h8-11,15,18-19H,2,6-7,12H2,1,3-5H3. The van der Waals surface area contributed by atoms with Gasteiger partial charge in [-0.1, -0.05) is 62.4 Å². The van der Waals surface area contributed by atoms with E-state index in [1.807, 2.05) is 0 Å². The van der Waals surface area contributed by atoms with Crippen LogP contribution in [0.25, 0.3) is 0 Å². The number of hydrogen-bond donors (Lipinski definition) is 1. The third-order valence-electron chi connectivity index (χ3n) is 3.62. The predicted octanol–water partition coefficient (Wildman–Crippen LogP) is 4.63. The zero-order chi connectivity index (χ0) is 14.4. The molecule has 1 heteroatoms. The summed E-state index contributed by atoms with van der Waals surface area (Å²) >= 11 is 0. The Morgan fingerprint density at radius 1 is 1.21 bits per heavy atom. The van der Waals surface area contributed by atoms with Crippen molar-refractivity contribution in [2.45, 2.75) is 46.6 Å². The Morgan fingerprint density at radius 2 is 1.79 bits per heavy atom. The second-order valence-corrected chi connectivity index (χ2v) is 5.57. The molecule has 2 atom stereocenters. The van der Waals surface area contributed by atoms with Gasteiger partial charge in [0, 0.05) is 11.7 Å². The highest BCUT2D eigenvalue weighted by atomic mass is 14.9. The van der Waals surface area contributed by atoms with E-state index in [1.165, 1.54) is 16.7 Å². The average Bonchev–Trinajstić information content (AvgIpc) is 2.37. The van der Waals surface area contributed by atoms with Crippen molar-refractivity contribution in [2.75, 3.05) is 0 Å². The van der Waals surface area contributed by atoms with Crippen LogP contribution in [0.2, 0.25) is 0 Å². The van der Waals surface area contributed by atoms with Gasteiger partial charge in [-0.05, 0) is 38.2 Å². The van der Waals surface area contributed by atoms with Gasteiger partial charge in [0.25, 0.3) is 0 Å². The van der Waals surface area contributed by atoms with Gasteiger partial charge in [-0.15, -0.1) is 0 Å². The first-order valence-corrected chi connectivity index (χ1v) is 7.10. The molecular weight excluding hydrogens is 230 g/mol. The molecule has 0 aliphatic carbocycles. The third kappa shape index (κ3) is 4.94. The van der Waals surface area contributed by atoms with Crippen molar-refractivity contribution in [1.29, 1.82) is 0 Å². The second-order valence-electron chi connectivity index (χ2n) is 5.57. The van der Waals surface area contributed by atoms with Crippen molar-refractivity contribution in [2.24, 2.45) is 5.92 Å². The van der Waals surface area contributed by atoms with Gasteiger partial charge < -0.3 is 5.32 Å². The number of benzene rings is 1. The van der Waals surface area contributed by atoms with Crippen LogP contribution in [0.15, 0.2) is 48.7 Å². The minimum atomic E-state index is 0.341. The number of nitrogens with one attached hydrogen (secondary N) is 1. The zero-order valence-corrected chi connectivity index (χ0v) is 12.8. The van der Waals surface area contributed by atoms with Crippen LogP contribution >= 0.6 is 0 Å². The number of allylic oxidation sites excluding steroid dienone is 1. The van der Waals surface area contributed by atoms with Crippen LogP contribution < -0.4 is 5.32 Å². The first-order valence-electron chi connectivity index (χ1n) is 7.10. The lowest BCUT2D eigenvalue weighted by Gasteiger charge is -2.24. The van der Waals surface area contributed by atoms with Crippen molar-refractivity contribution in [3.63, 3.8) is 0 Å². The summed E-state index contributed by atoms with van der Waals surface area (Å²) in [4.78, 5) is 0. The number of hydrogen-bond acceptors (Lipinski definition) is 1. The van der Waals surface area contributed by atoms with Crippen LogP contribution in [0, 0.1) is 12.8 Å². The molecule has 1 nitrogen and oxygen atoms in total. The highest BCUT2D eigenvalue weighted by Gasteiger charge is 2.12. The molecule has 0 saturated heterocycles. The Hall–Kier alpha value is -1.50. The topological polar surface area (TPSA) is 12.0 Å². The lowest BCUT2D eigenvalue weighted by Crippen LogP contribution is -2.31. The maximum absolute atomic E-state index is 4.19. The van der Waals surface area contributed by atoms with E-state index < -0.39 is 0 Å². The van der Waals surface area contributed by atoms with E-state index in [9.17, 15) is 0 Å². The highest BCUT2D eigenvalue weighted by Crippen LogP contribution is 2.16. The first-order chi connectivity index (χ1) is 8.93. The summed E-state index contributed by atoms with van der Waals surface area (Å²) < 4.78 is 0. The SMILES string of the molecule is C=C(NC(CC)C(=C)C)C(C)Cc1ccc(C)cc1. The molecule has 19 heavy (non-hydrogen) atoms. The Morgan fingerprint density at radius 3 is 2.26 bits per heavy atom. The van der Waals surface area contributed by atoms with Gasteiger partial charge in [0.1, 0.15) is 0 Å². The fourth-order valence-electron chi connectivity index (χ4n) is 2.14. The number of aryl methyl sites for hydroxylation is 1. The molecule has 0 amide bonds. The van der Waals surface area contributed by atoms with Gasteiger partial charge in [-0.3, -0.25) is 0 Å². The molecule has 2 unspecified atom stereocenters. The summed E-state index contributed by atoms with van der Waals surface area (Å²) in [7, 11) is 0. The van der Waals surface area contributed by atoms with Crippen molar-refractivity contribution in [3.05, 3.63) is 59.8 Å². The molecule has 0 aromatic heterocycles. The maximum atomic E-state index is 4.19. The Bertz CT molecular complexity index is 428. The van der Waals surface area contributed by atoms with E-state index in [4.69, 9.17) is 0 Å². The summed E-state index contributed by atoms with van der Waals surface area (Å²) in [6.07, 6.45) is 2.07. The van der Waals surface area contributed by atoms with Gasteiger partial charge in [0.2, 0.25) is 0 Å². The molecule has 0 saturated carbocycles. The van der Waals surface area contributed by atoms with Crippen molar-refractivity contribution < 1.29 is 0 Å². The van der Waals surface area contributed by atoms with Gasteiger partial charge in [0.05, 0.1) is 0 Å². The monoisotopic (exact) mass is 257 g/mol. The predicted molar refractivity (Wildman–Crippen MR) is 85.2 cm³/mol. The van der Waals surface area contributed by atoms with Crippen LogP contribution in [0.1, 0.15) is 38.3 Å².